The van der Waals surface area contributed by atoms with Crippen LogP contribution in [0.4, 0.5) is 11.4 Å². The van der Waals surface area contributed by atoms with E-state index in [-0.39, 0.29) is 15.7 Å². The number of carbonyl (C=O) groups excluding carboxylic acids is 1. The van der Waals surface area contributed by atoms with Gasteiger partial charge in [0.2, 0.25) is 10.0 Å². The highest BCUT2D eigenvalue weighted by atomic mass is 32.2. The molecule has 0 aliphatic carbocycles. The summed E-state index contributed by atoms with van der Waals surface area (Å²) < 4.78 is 55.4. The number of benzene rings is 3. The van der Waals surface area contributed by atoms with Gasteiger partial charge in [-0.2, -0.15) is 4.31 Å². The Morgan fingerprint density at radius 1 is 0.757 bits per heavy atom. The first-order valence-corrected chi connectivity index (χ1v) is 15.1. The molecule has 8 nitrogen and oxygen atoms in total. The predicted octanol–water partition coefficient (Wildman–Crippen LogP) is 4.92. The van der Waals surface area contributed by atoms with Crippen molar-refractivity contribution in [2.75, 3.05) is 23.1 Å². The van der Waals surface area contributed by atoms with E-state index >= 15 is 0 Å². The number of nitrogens with one attached hydrogen (secondary N) is 2. The molecule has 3 aromatic rings. The largest absolute Gasteiger partial charge is 0.322 e. The maximum atomic E-state index is 13.0. The molecule has 0 radical (unpaired) electrons. The van der Waals surface area contributed by atoms with E-state index in [4.69, 9.17) is 0 Å². The molecule has 1 amide bonds. The van der Waals surface area contributed by atoms with Gasteiger partial charge in [0, 0.05) is 24.3 Å². The van der Waals surface area contributed by atoms with Gasteiger partial charge in [-0.3, -0.25) is 9.52 Å². The molecule has 3 aromatic carbocycles. The molecule has 0 saturated carbocycles. The summed E-state index contributed by atoms with van der Waals surface area (Å²) in [6.07, 6.45) is 3.80. The van der Waals surface area contributed by atoms with Gasteiger partial charge in [-0.15, -0.1) is 0 Å². The standard InChI is InChI=1S/C27H31N3O5S2/c1-20-7-12-24(13-8-20)36(32,33)29-26-16-9-22(19-21(26)2)27(31)28-23-10-14-25(15-11-23)37(34,35)30-17-5-3-4-6-18-30/h7-16,19,29H,3-6,17-18H2,1-2H3,(H,28,31). The fourth-order valence-electron chi connectivity index (χ4n) is 4.19. The summed E-state index contributed by atoms with van der Waals surface area (Å²) in [7, 11) is -7.33. The van der Waals surface area contributed by atoms with E-state index in [1.807, 2.05) is 6.92 Å². The minimum absolute atomic E-state index is 0.153. The summed E-state index contributed by atoms with van der Waals surface area (Å²) in [5.74, 6) is -0.390. The second kappa shape index (κ2) is 11.0. The predicted molar refractivity (Wildman–Crippen MR) is 145 cm³/mol. The minimum Gasteiger partial charge on any atom is -0.322 e. The number of anilines is 2. The lowest BCUT2D eigenvalue weighted by Crippen LogP contribution is -2.31. The number of aryl methyl sites for hydroxylation is 2. The fourth-order valence-corrected chi connectivity index (χ4v) is 6.83. The Morgan fingerprint density at radius 3 is 1.95 bits per heavy atom. The first-order chi connectivity index (χ1) is 17.6. The average Bonchev–Trinajstić information content (AvgIpc) is 3.16. The number of sulfonamides is 2. The van der Waals surface area contributed by atoms with Crippen molar-refractivity contribution >= 4 is 37.3 Å². The molecule has 2 N–H and O–H groups in total. The minimum atomic E-state index is -3.76. The zero-order valence-electron chi connectivity index (χ0n) is 20.9. The van der Waals surface area contributed by atoms with Gasteiger partial charge in [0.05, 0.1) is 15.5 Å². The smallest absolute Gasteiger partial charge is 0.261 e. The van der Waals surface area contributed by atoms with Crippen LogP contribution in [0.1, 0.15) is 47.2 Å². The maximum absolute atomic E-state index is 13.0. The van der Waals surface area contributed by atoms with Crippen molar-refractivity contribution in [3.05, 3.63) is 83.4 Å². The Kier molecular flexibility index (Phi) is 8.01. The van der Waals surface area contributed by atoms with Crippen LogP contribution in [-0.4, -0.2) is 40.1 Å². The van der Waals surface area contributed by atoms with E-state index in [2.05, 4.69) is 10.0 Å². The molecule has 0 aromatic heterocycles. The topological polar surface area (TPSA) is 113 Å². The lowest BCUT2D eigenvalue weighted by atomic mass is 10.1. The van der Waals surface area contributed by atoms with Crippen LogP contribution in [0.3, 0.4) is 0 Å². The van der Waals surface area contributed by atoms with Crippen LogP contribution in [0, 0.1) is 13.8 Å². The molecule has 1 saturated heterocycles. The van der Waals surface area contributed by atoms with Gasteiger partial charge in [0.25, 0.3) is 15.9 Å². The van der Waals surface area contributed by atoms with Crippen LogP contribution in [0.5, 0.6) is 0 Å². The Labute approximate surface area is 218 Å². The van der Waals surface area contributed by atoms with E-state index in [1.165, 1.54) is 22.5 Å². The summed E-state index contributed by atoms with van der Waals surface area (Å²) in [5.41, 5.74) is 2.72. The molecule has 4 rings (SSSR count). The van der Waals surface area contributed by atoms with Gasteiger partial charge in [-0.1, -0.05) is 30.5 Å². The molecule has 10 heteroatoms. The van der Waals surface area contributed by atoms with Gasteiger partial charge >= 0.3 is 0 Å². The van der Waals surface area contributed by atoms with Gasteiger partial charge in [0.15, 0.2) is 0 Å². The molecule has 1 aliphatic heterocycles. The third-order valence-electron chi connectivity index (χ3n) is 6.38. The van der Waals surface area contributed by atoms with Crippen molar-refractivity contribution in [2.45, 2.75) is 49.3 Å². The van der Waals surface area contributed by atoms with Crippen molar-refractivity contribution in [3.63, 3.8) is 0 Å². The number of amides is 1. The zero-order valence-corrected chi connectivity index (χ0v) is 22.5. The molecule has 1 aliphatic rings. The molecular formula is C27H31N3O5S2. The van der Waals surface area contributed by atoms with E-state index in [0.717, 1.165) is 31.2 Å². The van der Waals surface area contributed by atoms with Crippen molar-refractivity contribution < 1.29 is 21.6 Å². The Bertz CT molecular complexity index is 1480. The average molecular weight is 542 g/mol. The molecule has 0 bridgehead atoms. The first-order valence-electron chi connectivity index (χ1n) is 12.2. The van der Waals surface area contributed by atoms with Crippen molar-refractivity contribution in [2.24, 2.45) is 0 Å². The molecule has 37 heavy (non-hydrogen) atoms. The highest BCUT2D eigenvalue weighted by molar-refractivity contribution is 7.92. The number of rotatable bonds is 7. The normalized spacial score (nSPS) is 15.1. The van der Waals surface area contributed by atoms with Crippen LogP contribution >= 0.6 is 0 Å². The summed E-state index contributed by atoms with van der Waals surface area (Å²) >= 11 is 0. The lowest BCUT2D eigenvalue weighted by Gasteiger charge is -2.20. The van der Waals surface area contributed by atoms with Crippen molar-refractivity contribution in [3.8, 4) is 0 Å². The Hall–Kier alpha value is -3.21. The number of carbonyl (C=O) groups is 1. The van der Waals surface area contributed by atoms with Crippen molar-refractivity contribution in [1.82, 2.24) is 4.31 Å². The maximum Gasteiger partial charge on any atom is 0.261 e. The van der Waals surface area contributed by atoms with Crippen LogP contribution in [0.25, 0.3) is 0 Å². The highest BCUT2D eigenvalue weighted by Crippen LogP contribution is 2.24. The third kappa shape index (κ3) is 6.38. The quantitative estimate of drug-likeness (QED) is 0.441. The molecule has 1 heterocycles. The Morgan fingerprint density at radius 2 is 1.35 bits per heavy atom. The molecular weight excluding hydrogens is 510 g/mol. The molecule has 196 valence electrons. The van der Waals surface area contributed by atoms with Gasteiger partial charge in [-0.05, 0) is 86.8 Å². The molecule has 1 fully saturated rings. The highest BCUT2D eigenvalue weighted by Gasteiger charge is 2.25. The molecule has 0 unspecified atom stereocenters. The van der Waals surface area contributed by atoms with Crippen LogP contribution in [0.15, 0.2) is 76.5 Å². The van der Waals surface area contributed by atoms with E-state index in [9.17, 15) is 21.6 Å². The van der Waals surface area contributed by atoms with Crippen LogP contribution in [-0.2, 0) is 20.0 Å². The summed E-state index contributed by atoms with van der Waals surface area (Å²) in [5, 5.41) is 2.77. The van der Waals surface area contributed by atoms with Gasteiger partial charge in [0.1, 0.15) is 0 Å². The number of hydrogen-bond acceptors (Lipinski definition) is 5. The van der Waals surface area contributed by atoms with Crippen LogP contribution < -0.4 is 10.0 Å². The zero-order chi connectivity index (χ0) is 26.6. The molecule has 0 spiro atoms. The van der Waals surface area contributed by atoms with Gasteiger partial charge in [-0.25, -0.2) is 16.8 Å². The number of nitrogens with zero attached hydrogens (tertiary/aromatic N) is 1. The van der Waals surface area contributed by atoms with Crippen molar-refractivity contribution in [1.29, 1.82) is 0 Å². The molecule has 0 atom stereocenters. The van der Waals surface area contributed by atoms with E-state index in [1.54, 1.807) is 55.5 Å². The second-order valence-corrected chi connectivity index (χ2v) is 12.9. The fraction of sp³-hybridized carbons (Fsp3) is 0.296. The summed E-state index contributed by atoms with van der Waals surface area (Å²) in [6.45, 7) is 4.64. The summed E-state index contributed by atoms with van der Waals surface area (Å²) in [4.78, 5) is 13.2. The Balaban J connectivity index is 1.43. The monoisotopic (exact) mass is 541 g/mol. The summed E-state index contributed by atoms with van der Waals surface area (Å²) in [6, 6.07) is 17.4. The SMILES string of the molecule is Cc1ccc(S(=O)(=O)Nc2ccc(C(=O)Nc3ccc(S(=O)(=O)N4CCCCCC4)cc3)cc2C)cc1. The third-order valence-corrected chi connectivity index (χ3v) is 9.67. The van der Waals surface area contributed by atoms with E-state index in [0.29, 0.717) is 35.6 Å². The van der Waals surface area contributed by atoms with Gasteiger partial charge < -0.3 is 5.32 Å². The second-order valence-electron chi connectivity index (χ2n) is 9.25. The number of hydrogen-bond donors (Lipinski definition) is 2. The lowest BCUT2D eigenvalue weighted by molar-refractivity contribution is 0.102. The van der Waals surface area contributed by atoms with Crippen LogP contribution in [0.2, 0.25) is 0 Å². The van der Waals surface area contributed by atoms with E-state index < -0.39 is 20.0 Å². The first kappa shape index (κ1) is 26.8.